The van der Waals surface area contributed by atoms with Crippen LogP contribution in [0.1, 0.15) is 18.5 Å². The van der Waals surface area contributed by atoms with Crippen LogP contribution in [0, 0.1) is 0 Å². The minimum Gasteiger partial charge on any atom is -0.504 e. The maximum absolute atomic E-state index is 10.0. The molecule has 0 saturated heterocycles. The van der Waals surface area contributed by atoms with Gasteiger partial charge in [-0.05, 0) is 24.6 Å². The van der Waals surface area contributed by atoms with Crippen molar-refractivity contribution in [3.63, 3.8) is 0 Å². The van der Waals surface area contributed by atoms with Crippen LogP contribution in [-0.2, 0) is 4.79 Å². The van der Waals surface area contributed by atoms with Crippen LogP contribution in [0.5, 0.6) is 11.5 Å². The molecule has 0 aromatic heterocycles. The molecule has 4 heteroatoms. The number of methoxy groups -OCH3 is 1. The molecule has 0 fully saturated rings. The molecule has 1 unspecified atom stereocenters. The van der Waals surface area contributed by atoms with Gasteiger partial charge >= 0.3 is 0 Å². The van der Waals surface area contributed by atoms with Gasteiger partial charge in [-0.1, -0.05) is 6.07 Å². The second kappa shape index (κ2) is 4.44. The fourth-order valence-electron chi connectivity index (χ4n) is 1.12. The first-order chi connectivity index (χ1) is 6.69. The van der Waals surface area contributed by atoms with Crippen LogP contribution in [0.2, 0.25) is 0 Å². The van der Waals surface area contributed by atoms with Gasteiger partial charge in [-0.2, -0.15) is 4.99 Å². The number of hydrogen-bond acceptors (Lipinski definition) is 4. The van der Waals surface area contributed by atoms with Crippen LogP contribution in [-0.4, -0.2) is 18.3 Å². The minimum absolute atomic E-state index is 0.0398. The van der Waals surface area contributed by atoms with Gasteiger partial charge in [0.25, 0.3) is 0 Å². The molecule has 1 N–H and O–H groups in total. The number of rotatable bonds is 3. The molecule has 0 radical (unpaired) electrons. The molecule has 0 heterocycles. The molecule has 0 amide bonds. The zero-order valence-electron chi connectivity index (χ0n) is 8.02. The van der Waals surface area contributed by atoms with E-state index in [1.54, 1.807) is 19.1 Å². The van der Waals surface area contributed by atoms with E-state index in [1.165, 1.54) is 19.3 Å². The Hall–Kier alpha value is -1.80. The number of carbonyl (C=O) groups excluding carboxylic acids is 1. The first-order valence-corrected chi connectivity index (χ1v) is 4.13. The quantitative estimate of drug-likeness (QED) is 0.588. The van der Waals surface area contributed by atoms with E-state index < -0.39 is 0 Å². The average Bonchev–Trinajstić information content (AvgIpc) is 2.18. The third kappa shape index (κ3) is 2.12. The highest BCUT2D eigenvalue weighted by Crippen LogP contribution is 2.29. The number of benzene rings is 1. The summed E-state index contributed by atoms with van der Waals surface area (Å²) in [6, 6.07) is 4.58. The molecule has 74 valence electrons. The summed E-state index contributed by atoms with van der Waals surface area (Å²) in [5.41, 5.74) is 0.742. The van der Waals surface area contributed by atoms with E-state index >= 15 is 0 Å². The van der Waals surface area contributed by atoms with Crippen molar-refractivity contribution < 1.29 is 14.6 Å². The molecular weight excluding hydrogens is 182 g/mol. The van der Waals surface area contributed by atoms with Crippen molar-refractivity contribution in [1.29, 1.82) is 0 Å². The zero-order valence-corrected chi connectivity index (χ0v) is 8.02. The van der Waals surface area contributed by atoms with Gasteiger partial charge in [-0.25, -0.2) is 4.79 Å². The van der Waals surface area contributed by atoms with Gasteiger partial charge in [0.1, 0.15) is 0 Å². The molecule has 0 saturated carbocycles. The molecule has 4 nitrogen and oxygen atoms in total. The largest absolute Gasteiger partial charge is 0.504 e. The average molecular weight is 193 g/mol. The van der Waals surface area contributed by atoms with Crippen molar-refractivity contribution >= 4 is 6.08 Å². The third-order valence-electron chi connectivity index (χ3n) is 1.93. The summed E-state index contributed by atoms with van der Waals surface area (Å²) in [7, 11) is 1.47. The van der Waals surface area contributed by atoms with Gasteiger partial charge in [0.05, 0.1) is 13.2 Å². The lowest BCUT2D eigenvalue weighted by Crippen LogP contribution is -1.90. The summed E-state index contributed by atoms with van der Waals surface area (Å²) in [5.74, 6) is 0.439. The lowest BCUT2D eigenvalue weighted by molar-refractivity contribution is 0.373. The summed E-state index contributed by atoms with van der Waals surface area (Å²) < 4.78 is 4.88. The highest BCUT2D eigenvalue weighted by Gasteiger charge is 2.07. The number of phenols is 1. The second-order valence-electron chi connectivity index (χ2n) is 2.83. The summed E-state index contributed by atoms with van der Waals surface area (Å²) in [4.78, 5) is 13.6. The Morgan fingerprint density at radius 2 is 2.29 bits per heavy atom. The monoisotopic (exact) mass is 193 g/mol. The number of hydrogen-bond donors (Lipinski definition) is 1. The van der Waals surface area contributed by atoms with Gasteiger partial charge in [-0.3, -0.25) is 0 Å². The number of isocyanates is 1. The Bertz CT molecular complexity index is 370. The molecule has 14 heavy (non-hydrogen) atoms. The highest BCUT2D eigenvalue weighted by atomic mass is 16.5. The predicted molar refractivity (Wildman–Crippen MR) is 51.2 cm³/mol. The molecule has 0 aliphatic carbocycles. The zero-order chi connectivity index (χ0) is 10.6. The van der Waals surface area contributed by atoms with Crippen LogP contribution >= 0.6 is 0 Å². The van der Waals surface area contributed by atoms with Crippen molar-refractivity contribution in [1.82, 2.24) is 0 Å². The van der Waals surface area contributed by atoms with Crippen molar-refractivity contribution in [3.8, 4) is 11.5 Å². The summed E-state index contributed by atoms with van der Waals surface area (Å²) in [6.07, 6.45) is 1.48. The number of nitrogens with zero attached hydrogens (tertiary/aromatic N) is 1. The van der Waals surface area contributed by atoms with Crippen LogP contribution in [0.4, 0.5) is 0 Å². The lowest BCUT2D eigenvalue weighted by Gasteiger charge is -2.07. The highest BCUT2D eigenvalue weighted by molar-refractivity contribution is 5.43. The van der Waals surface area contributed by atoms with E-state index in [0.29, 0.717) is 5.75 Å². The Labute approximate surface area is 81.9 Å². The molecule has 1 atom stereocenters. The molecule has 1 aromatic rings. The lowest BCUT2D eigenvalue weighted by atomic mass is 10.1. The molecule has 0 spiro atoms. The standard InChI is InChI=1S/C10H11NO3/c1-7(11-6-12)8-3-4-10(14-2)9(13)5-8/h3-5,7,13H,1-2H3. The molecule has 0 bridgehead atoms. The van der Waals surface area contributed by atoms with Crippen LogP contribution in [0.25, 0.3) is 0 Å². The number of ether oxygens (including phenoxy) is 1. The van der Waals surface area contributed by atoms with E-state index in [1.807, 2.05) is 0 Å². The van der Waals surface area contributed by atoms with Gasteiger partial charge < -0.3 is 9.84 Å². The summed E-state index contributed by atoms with van der Waals surface area (Å²) in [6.45, 7) is 1.74. The van der Waals surface area contributed by atoms with Crippen molar-refractivity contribution in [2.45, 2.75) is 13.0 Å². The van der Waals surface area contributed by atoms with E-state index in [-0.39, 0.29) is 11.8 Å². The van der Waals surface area contributed by atoms with Crippen molar-refractivity contribution in [3.05, 3.63) is 23.8 Å². The van der Waals surface area contributed by atoms with Crippen molar-refractivity contribution in [2.24, 2.45) is 4.99 Å². The fraction of sp³-hybridized carbons (Fsp3) is 0.300. The van der Waals surface area contributed by atoms with Crippen LogP contribution in [0.3, 0.4) is 0 Å². The Balaban J connectivity index is 3.01. The van der Waals surface area contributed by atoms with Gasteiger partial charge in [-0.15, -0.1) is 0 Å². The Morgan fingerprint density at radius 1 is 1.57 bits per heavy atom. The van der Waals surface area contributed by atoms with Gasteiger partial charge in [0, 0.05) is 0 Å². The van der Waals surface area contributed by atoms with Gasteiger partial charge in [0.2, 0.25) is 6.08 Å². The predicted octanol–water partition coefficient (Wildman–Crippen LogP) is 1.80. The van der Waals surface area contributed by atoms with E-state index in [4.69, 9.17) is 4.74 Å². The topological polar surface area (TPSA) is 58.9 Å². The number of aromatic hydroxyl groups is 1. The molecule has 0 aliphatic rings. The first kappa shape index (κ1) is 10.3. The van der Waals surface area contributed by atoms with E-state index in [0.717, 1.165) is 5.56 Å². The molecule has 1 aromatic carbocycles. The molecule has 1 rings (SSSR count). The first-order valence-electron chi connectivity index (χ1n) is 4.13. The maximum Gasteiger partial charge on any atom is 0.235 e. The SMILES string of the molecule is COc1ccc(C(C)N=C=O)cc1O. The molecule has 0 aliphatic heterocycles. The van der Waals surface area contributed by atoms with Crippen LogP contribution < -0.4 is 4.74 Å². The van der Waals surface area contributed by atoms with E-state index in [9.17, 15) is 9.90 Å². The Morgan fingerprint density at radius 3 is 2.79 bits per heavy atom. The number of aliphatic imine (C=N–C) groups is 1. The van der Waals surface area contributed by atoms with Gasteiger partial charge in [0.15, 0.2) is 11.5 Å². The smallest absolute Gasteiger partial charge is 0.235 e. The Kier molecular flexibility index (Phi) is 3.26. The second-order valence-corrected chi connectivity index (χ2v) is 2.83. The summed E-state index contributed by atoms with van der Waals surface area (Å²) >= 11 is 0. The fourth-order valence-corrected chi connectivity index (χ4v) is 1.12. The maximum atomic E-state index is 10.0. The third-order valence-corrected chi connectivity index (χ3v) is 1.93. The van der Waals surface area contributed by atoms with Crippen molar-refractivity contribution in [2.75, 3.05) is 7.11 Å². The summed E-state index contributed by atoms with van der Waals surface area (Å²) in [5, 5.41) is 9.44. The number of phenolic OH excluding ortho intramolecular Hbond substituents is 1. The normalized spacial score (nSPS) is 11.6. The van der Waals surface area contributed by atoms with E-state index in [2.05, 4.69) is 4.99 Å². The van der Waals surface area contributed by atoms with Crippen LogP contribution in [0.15, 0.2) is 23.2 Å². The molecular formula is C10H11NO3. The minimum atomic E-state index is -0.302.